The second kappa shape index (κ2) is 8.37. The molecule has 2 N–H and O–H groups in total. The van der Waals surface area contributed by atoms with Crippen molar-refractivity contribution in [2.75, 3.05) is 11.9 Å². The molecule has 1 aromatic heterocycles. The molecule has 0 fully saturated rings. The average molecular weight is 398 g/mol. The molecule has 0 aliphatic heterocycles. The average Bonchev–Trinajstić information content (AvgIpc) is 3.19. The minimum Gasteiger partial charge on any atom is -0.326 e. The van der Waals surface area contributed by atoms with Gasteiger partial charge in [0.2, 0.25) is 15.9 Å². The number of aryl methyl sites for hydroxylation is 2. The smallest absolute Gasteiger partial charge is 0.240 e. The van der Waals surface area contributed by atoms with Gasteiger partial charge < -0.3 is 9.88 Å². The molecule has 3 aromatic rings. The summed E-state index contributed by atoms with van der Waals surface area (Å²) in [7, 11) is -3.65. The van der Waals surface area contributed by atoms with E-state index >= 15 is 0 Å². The van der Waals surface area contributed by atoms with Gasteiger partial charge in [0.25, 0.3) is 0 Å². The van der Waals surface area contributed by atoms with Crippen LogP contribution in [0.25, 0.3) is 5.69 Å². The first-order chi connectivity index (χ1) is 13.3. The van der Waals surface area contributed by atoms with Crippen molar-refractivity contribution >= 4 is 21.6 Å². The number of carbonyl (C=O) groups is 1. The molecule has 7 nitrogen and oxygen atoms in total. The van der Waals surface area contributed by atoms with Crippen LogP contribution in [0, 0.1) is 13.8 Å². The van der Waals surface area contributed by atoms with Crippen molar-refractivity contribution in [1.29, 1.82) is 0 Å². The molecule has 0 unspecified atom stereocenters. The normalized spacial score (nSPS) is 11.4. The molecule has 8 heteroatoms. The summed E-state index contributed by atoms with van der Waals surface area (Å²) in [5.74, 6) is -0.265. The summed E-state index contributed by atoms with van der Waals surface area (Å²) < 4.78 is 29.2. The summed E-state index contributed by atoms with van der Waals surface area (Å²) in [4.78, 5) is 16.3. The first-order valence-electron chi connectivity index (χ1n) is 8.80. The summed E-state index contributed by atoms with van der Waals surface area (Å²) in [5, 5.41) is 2.76. The number of imidazole rings is 1. The number of carbonyl (C=O) groups excluding carboxylic acids is 1. The van der Waals surface area contributed by atoms with E-state index in [2.05, 4.69) is 15.0 Å². The lowest BCUT2D eigenvalue weighted by atomic mass is 10.2. The van der Waals surface area contributed by atoms with Crippen molar-refractivity contribution in [3.63, 3.8) is 0 Å². The first-order valence-corrected chi connectivity index (χ1v) is 10.3. The van der Waals surface area contributed by atoms with Gasteiger partial charge in [-0.15, -0.1) is 0 Å². The molecule has 0 saturated heterocycles. The van der Waals surface area contributed by atoms with Gasteiger partial charge in [-0.25, -0.2) is 18.1 Å². The van der Waals surface area contributed by atoms with Crippen molar-refractivity contribution in [3.05, 3.63) is 72.3 Å². The molecule has 146 valence electrons. The molecule has 1 amide bonds. The van der Waals surface area contributed by atoms with Crippen molar-refractivity contribution < 1.29 is 13.2 Å². The van der Waals surface area contributed by atoms with E-state index in [0.29, 0.717) is 11.3 Å². The van der Waals surface area contributed by atoms with Crippen LogP contribution >= 0.6 is 0 Å². The maximum Gasteiger partial charge on any atom is 0.240 e. The molecule has 2 aromatic carbocycles. The van der Waals surface area contributed by atoms with E-state index in [4.69, 9.17) is 0 Å². The first kappa shape index (κ1) is 19.8. The Morgan fingerprint density at radius 2 is 1.86 bits per heavy atom. The molecule has 0 saturated carbocycles. The van der Waals surface area contributed by atoms with Crippen LogP contribution in [0.4, 0.5) is 5.69 Å². The highest BCUT2D eigenvalue weighted by molar-refractivity contribution is 7.89. The fourth-order valence-electron chi connectivity index (χ4n) is 2.73. The van der Waals surface area contributed by atoms with Crippen LogP contribution in [0.3, 0.4) is 0 Å². The zero-order valence-electron chi connectivity index (χ0n) is 15.7. The highest BCUT2D eigenvalue weighted by Crippen LogP contribution is 2.17. The Morgan fingerprint density at radius 1 is 1.11 bits per heavy atom. The number of hydrogen-bond acceptors (Lipinski definition) is 4. The van der Waals surface area contributed by atoms with Gasteiger partial charge >= 0.3 is 0 Å². The third kappa shape index (κ3) is 4.85. The van der Waals surface area contributed by atoms with E-state index in [9.17, 15) is 13.2 Å². The molecular weight excluding hydrogens is 376 g/mol. The Kier molecular flexibility index (Phi) is 5.91. The predicted octanol–water partition coefficient (Wildman–Crippen LogP) is 2.80. The fourth-order valence-corrected chi connectivity index (χ4v) is 4.08. The van der Waals surface area contributed by atoms with Crippen molar-refractivity contribution in [1.82, 2.24) is 14.3 Å². The van der Waals surface area contributed by atoms with Crippen LogP contribution in [-0.2, 0) is 14.8 Å². The quantitative estimate of drug-likeness (QED) is 0.640. The molecule has 28 heavy (non-hydrogen) atoms. The van der Waals surface area contributed by atoms with E-state index < -0.39 is 10.0 Å². The summed E-state index contributed by atoms with van der Waals surface area (Å²) in [6, 6.07) is 12.5. The van der Waals surface area contributed by atoms with Crippen LogP contribution in [0.15, 0.2) is 66.1 Å². The number of aromatic nitrogens is 2. The van der Waals surface area contributed by atoms with E-state index in [0.717, 1.165) is 11.3 Å². The highest BCUT2D eigenvalue weighted by Gasteiger charge is 2.17. The molecule has 0 aliphatic rings. The van der Waals surface area contributed by atoms with Crippen LogP contribution in [0.2, 0.25) is 0 Å². The van der Waals surface area contributed by atoms with Gasteiger partial charge in [0.05, 0.1) is 11.2 Å². The molecule has 0 aliphatic carbocycles. The number of benzene rings is 2. The van der Waals surface area contributed by atoms with Gasteiger partial charge in [-0.1, -0.05) is 12.1 Å². The Balaban J connectivity index is 1.53. The lowest BCUT2D eigenvalue weighted by molar-refractivity contribution is -0.116. The number of nitrogens with one attached hydrogen (secondary N) is 2. The van der Waals surface area contributed by atoms with E-state index in [1.165, 1.54) is 0 Å². The lowest BCUT2D eigenvalue weighted by Crippen LogP contribution is -2.28. The van der Waals surface area contributed by atoms with Gasteiger partial charge in [-0.2, -0.15) is 0 Å². The fraction of sp³-hybridized carbons (Fsp3) is 0.200. The van der Waals surface area contributed by atoms with Crippen molar-refractivity contribution in [2.24, 2.45) is 0 Å². The third-order valence-electron chi connectivity index (χ3n) is 4.23. The Labute approximate surface area is 164 Å². The zero-order chi connectivity index (χ0) is 20.1. The largest absolute Gasteiger partial charge is 0.326 e. The Bertz CT molecular complexity index is 1060. The number of amides is 1. The number of rotatable bonds is 7. The molecule has 0 atom stereocenters. The van der Waals surface area contributed by atoms with E-state index in [1.807, 2.05) is 35.9 Å². The van der Waals surface area contributed by atoms with Gasteiger partial charge in [-0.05, 0) is 55.3 Å². The molecular formula is C20H22N4O3S. The molecule has 0 spiro atoms. The van der Waals surface area contributed by atoms with Crippen LogP contribution in [-0.4, -0.2) is 30.4 Å². The number of hydrogen-bond donors (Lipinski definition) is 2. The zero-order valence-corrected chi connectivity index (χ0v) is 16.5. The van der Waals surface area contributed by atoms with Gasteiger partial charge in [0, 0.05) is 36.7 Å². The number of nitrogens with zero attached hydrogens (tertiary/aromatic N) is 2. The minimum absolute atomic E-state index is 0.0225. The second-order valence-electron chi connectivity index (χ2n) is 6.48. The standard InChI is InChI=1S/C20H22N4O3S/c1-15-3-4-16(2)19(13-15)28(26,27)22-10-9-20(25)23-17-5-7-18(8-6-17)24-12-11-21-14-24/h3-8,11-14,22H,9-10H2,1-2H3,(H,23,25). The monoisotopic (exact) mass is 398 g/mol. The van der Waals surface area contributed by atoms with E-state index in [-0.39, 0.29) is 23.8 Å². The van der Waals surface area contributed by atoms with Crippen molar-refractivity contribution in [2.45, 2.75) is 25.2 Å². The molecule has 0 bridgehead atoms. The summed E-state index contributed by atoms with van der Waals surface area (Å²) >= 11 is 0. The van der Waals surface area contributed by atoms with Crippen molar-refractivity contribution in [3.8, 4) is 5.69 Å². The van der Waals surface area contributed by atoms with Crippen LogP contribution in [0.5, 0.6) is 0 Å². The molecule has 3 rings (SSSR count). The molecule has 0 radical (unpaired) electrons. The summed E-state index contributed by atoms with van der Waals surface area (Å²) in [6.07, 6.45) is 5.24. The van der Waals surface area contributed by atoms with E-state index in [1.54, 1.807) is 43.7 Å². The number of sulfonamides is 1. The topological polar surface area (TPSA) is 93.1 Å². The highest BCUT2D eigenvalue weighted by atomic mass is 32.2. The van der Waals surface area contributed by atoms with Gasteiger partial charge in [0.15, 0.2) is 0 Å². The van der Waals surface area contributed by atoms with Gasteiger partial charge in [0.1, 0.15) is 0 Å². The number of anilines is 1. The SMILES string of the molecule is Cc1ccc(C)c(S(=O)(=O)NCCC(=O)Nc2ccc(-n3ccnc3)cc2)c1. The van der Waals surface area contributed by atoms with Crippen LogP contribution < -0.4 is 10.0 Å². The summed E-state index contributed by atoms with van der Waals surface area (Å²) in [5.41, 5.74) is 3.10. The predicted molar refractivity (Wildman–Crippen MR) is 108 cm³/mol. The van der Waals surface area contributed by atoms with Gasteiger partial charge in [-0.3, -0.25) is 4.79 Å². The maximum absolute atomic E-state index is 12.4. The summed E-state index contributed by atoms with van der Waals surface area (Å²) in [6.45, 7) is 3.60. The second-order valence-corrected chi connectivity index (χ2v) is 8.22. The Hall–Kier alpha value is -2.97. The van der Waals surface area contributed by atoms with Crippen LogP contribution in [0.1, 0.15) is 17.5 Å². The maximum atomic E-state index is 12.4. The lowest BCUT2D eigenvalue weighted by Gasteiger charge is -2.10. The molecule has 1 heterocycles. The minimum atomic E-state index is -3.65. The third-order valence-corrected chi connectivity index (χ3v) is 5.83. The Morgan fingerprint density at radius 3 is 2.54 bits per heavy atom.